The second-order valence-electron chi connectivity index (χ2n) is 5.78. The Balaban J connectivity index is 1.77. The number of amides is 1. The first-order valence-electron chi connectivity index (χ1n) is 7.59. The Hall–Kier alpha value is -0.810. The van der Waals surface area contributed by atoms with Gasteiger partial charge in [0.2, 0.25) is 0 Å². The number of hydrogen-bond acceptors (Lipinski definition) is 2. The molecule has 0 bridgehead atoms. The summed E-state index contributed by atoms with van der Waals surface area (Å²) in [5.74, 6) is 0.154. The monoisotopic (exact) mass is 339 g/mol. The van der Waals surface area contributed by atoms with E-state index < -0.39 is 0 Å². The zero-order chi connectivity index (χ0) is 14.1. The van der Waals surface area contributed by atoms with Crippen LogP contribution in [0.2, 0.25) is 0 Å². The topological polar surface area (TPSA) is 39.3 Å². The number of aromatic nitrogens is 1. The van der Waals surface area contributed by atoms with Crippen molar-refractivity contribution >= 4 is 21.8 Å². The van der Waals surface area contributed by atoms with E-state index in [0.29, 0.717) is 17.8 Å². The van der Waals surface area contributed by atoms with Gasteiger partial charge in [0.1, 0.15) is 5.69 Å². The number of H-pyrrole nitrogens is 1. The molecule has 2 atom stereocenters. The predicted molar refractivity (Wildman–Crippen MR) is 82.8 cm³/mol. The summed E-state index contributed by atoms with van der Waals surface area (Å²) < 4.78 is 0.938. The number of nitrogens with zero attached hydrogens (tertiary/aromatic N) is 2. The number of halogens is 1. The second-order valence-corrected chi connectivity index (χ2v) is 6.69. The molecule has 1 N–H and O–H groups in total. The van der Waals surface area contributed by atoms with Gasteiger partial charge in [-0.1, -0.05) is 6.92 Å². The van der Waals surface area contributed by atoms with Gasteiger partial charge >= 0.3 is 0 Å². The van der Waals surface area contributed by atoms with Gasteiger partial charge in [-0.25, -0.2) is 0 Å². The smallest absolute Gasteiger partial charge is 0.270 e. The van der Waals surface area contributed by atoms with E-state index in [1.807, 2.05) is 12.3 Å². The van der Waals surface area contributed by atoms with Crippen LogP contribution in [-0.2, 0) is 0 Å². The molecule has 2 unspecified atom stereocenters. The molecule has 0 radical (unpaired) electrons. The van der Waals surface area contributed by atoms with Crippen molar-refractivity contribution in [2.75, 3.05) is 19.6 Å². The molecule has 20 heavy (non-hydrogen) atoms. The number of nitrogens with one attached hydrogen (secondary N) is 1. The summed E-state index contributed by atoms with van der Waals surface area (Å²) >= 11 is 3.40. The Morgan fingerprint density at radius 1 is 1.35 bits per heavy atom. The Morgan fingerprint density at radius 2 is 2.10 bits per heavy atom. The maximum atomic E-state index is 12.7. The molecule has 3 rings (SSSR count). The summed E-state index contributed by atoms with van der Waals surface area (Å²) in [5.41, 5.74) is 0.699. The number of likely N-dealkylation sites (N-methyl/N-ethyl adjacent to an activating group) is 1. The third-order valence-corrected chi connectivity index (χ3v) is 5.16. The van der Waals surface area contributed by atoms with Gasteiger partial charge < -0.3 is 9.88 Å². The molecule has 5 heteroatoms. The fourth-order valence-corrected chi connectivity index (χ4v) is 4.11. The van der Waals surface area contributed by atoms with E-state index in [0.717, 1.165) is 30.4 Å². The van der Waals surface area contributed by atoms with Crippen LogP contribution < -0.4 is 0 Å². The summed E-state index contributed by atoms with van der Waals surface area (Å²) in [5, 5.41) is 0. The largest absolute Gasteiger partial charge is 0.356 e. The van der Waals surface area contributed by atoms with Gasteiger partial charge in [-0.2, -0.15) is 0 Å². The number of carbonyl (C=O) groups excluding carboxylic acids is 1. The molecule has 0 saturated carbocycles. The Bertz CT molecular complexity index is 487. The van der Waals surface area contributed by atoms with Crippen LogP contribution in [0.15, 0.2) is 16.7 Å². The van der Waals surface area contributed by atoms with Crippen LogP contribution in [0.25, 0.3) is 0 Å². The average molecular weight is 340 g/mol. The molecule has 1 aromatic rings. The van der Waals surface area contributed by atoms with Crippen molar-refractivity contribution in [1.29, 1.82) is 0 Å². The average Bonchev–Trinajstić information content (AvgIpc) is 3.16. The van der Waals surface area contributed by atoms with Crippen LogP contribution in [-0.4, -0.2) is 52.4 Å². The van der Waals surface area contributed by atoms with Crippen LogP contribution in [0.3, 0.4) is 0 Å². The van der Waals surface area contributed by atoms with E-state index in [4.69, 9.17) is 0 Å². The highest BCUT2D eigenvalue weighted by molar-refractivity contribution is 9.10. The van der Waals surface area contributed by atoms with E-state index in [1.54, 1.807) is 0 Å². The van der Waals surface area contributed by atoms with Crippen molar-refractivity contribution in [3.8, 4) is 0 Å². The van der Waals surface area contributed by atoms with Gasteiger partial charge in [0, 0.05) is 29.3 Å². The number of rotatable bonds is 3. The third kappa shape index (κ3) is 2.53. The number of hydrogen-bond donors (Lipinski definition) is 1. The number of carbonyl (C=O) groups is 1. The van der Waals surface area contributed by atoms with Crippen molar-refractivity contribution in [2.24, 2.45) is 0 Å². The molecular formula is C15H22BrN3O. The van der Waals surface area contributed by atoms with Gasteiger partial charge in [-0.05, 0) is 60.8 Å². The predicted octanol–water partition coefficient (Wildman–Crippen LogP) is 2.87. The third-order valence-electron chi connectivity index (χ3n) is 4.70. The zero-order valence-corrected chi connectivity index (χ0v) is 13.5. The zero-order valence-electron chi connectivity index (χ0n) is 11.9. The molecule has 4 nitrogen and oxygen atoms in total. The molecule has 2 fully saturated rings. The van der Waals surface area contributed by atoms with E-state index in [1.165, 1.54) is 19.4 Å². The van der Waals surface area contributed by atoms with Crippen LogP contribution in [0.1, 0.15) is 43.1 Å². The Kier molecular flexibility index (Phi) is 4.17. The van der Waals surface area contributed by atoms with Gasteiger partial charge in [0.15, 0.2) is 0 Å². The van der Waals surface area contributed by atoms with Gasteiger partial charge in [0.05, 0.1) is 0 Å². The van der Waals surface area contributed by atoms with E-state index in [-0.39, 0.29) is 5.91 Å². The molecule has 110 valence electrons. The SMILES string of the molecule is CCN1CCCC1C1CCCN1C(=O)c1cc(Br)c[nH]1. The van der Waals surface area contributed by atoms with Crippen LogP contribution in [0.5, 0.6) is 0 Å². The highest BCUT2D eigenvalue weighted by atomic mass is 79.9. The standard InChI is InChI=1S/C15H22BrN3O/c1-2-18-7-3-5-13(18)14-6-4-8-19(14)15(20)12-9-11(16)10-17-12/h9-10,13-14,17H,2-8H2,1H3. The van der Waals surface area contributed by atoms with E-state index >= 15 is 0 Å². The van der Waals surface area contributed by atoms with E-state index in [2.05, 4.69) is 37.6 Å². The minimum Gasteiger partial charge on any atom is -0.356 e. The molecule has 1 amide bonds. The first kappa shape index (κ1) is 14.1. The lowest BCUT2D eigenvalue weighted by Crippen LogP contribution is -2.48. The lowest BCUT2D eigenvalue weighted by atomic mass is 10.0. The van der Waals surface area contributed by atoms with E-state index in [9.17, 15) is 4.79 Å². The summed E-state index contributed by atoms with van der Waals surface area (Å²) in [7, 11) is 0. The van der Waals surface area contributed by atoms with Gasteiger partial charge in [0.25, 0.3) is 5.91 Å². The van der Waals surface area contributed by atoms with Crippen molar-refractivity contribution < 1.29 is 4.79 Å². The lowest BCUT2D eigenvalue weighted by molar-refractivity contribution is 0.0645. The van der Waals surface area contributed by atoms with Crippen molar-refractivity contribution in [1.82, 2.24) is 14.8 Å². The van der Waals surface area contributed by atoms with Crippen molar-refractivity contribution in [3.05, 3.63) is 22.4 Å². The molecule has 0 aliphatic carbocycles. The fourth-order valence-electron chi connectivity index (χ4n) is 3.77. The molecule has 1 aromatic heterocycles. The lowest BCUT2D eigenvalue weighted by Gasteiger charge is -2.34. The van der Waals surface area contributed by atoms with Gasteiger partial charge in [-0.3, -0.25) is 9.69 Å². The molecule has 0 spiro atoms. The molecule has 2 saturated heterocycles. The summed E-state index contributed by atoms with van der Waals surface area (Å²) in [6.45, 7) is 5.40. The van der Waals surface area contributed by atoms with Crippen LogP contribution in [0.4, 0.5) is 0 Å². The maximum absolute atomic E-state index is 12.7. The van der Waals surface area contributed by atoms with Gasteiger partial charge in [-0.15, -0.1) is 0 Å². The molecule has 2 aliphatic heterocycles. The summed E-state index contributed by atoms with van der Waals surface area (Å²) in [6, 6.07) is 2.83. The summed E-state index contributed by atoms with van der Waals surface area (Å²) in [6.07, 6.45) is 6.61. The Morgan fingerprint density at radius 3 is 2.80 bits per heavy atom. The highest BCUT2D eigenvalue weighted by Crippen LogP contribution is 2.30. The number of likely N-dealkylation sites (tertiary alicyclic amines) is 2. The first-order chi connectivity index (χ1) is 9.70. The van der Waals surface area contributed by atoms with Crippen LogP contribution >= 0.6 is 15.9 Å². The quantitative estimate of drug-likeness (QED) is 0.919. The fraction of sp³-hybridized carbons (Fsp3) is 0.667. The Labute approximate surface area is 128 Å². The maximum Gasteiger partial charge on any atom is 0.270 e. The minimum absolute atomic E-state index is 0.154. The van der Waals surface area contributed by atoms with Crippen molar-refractivity contribution in [2.45, 2.75) is 44.7 Å². The molecule has 2 aliphatic rings. The minimum atomic E-state index is 0.154. The van der Waals surface area contributed by atoms with Crippen LogP contribution in [0, 0.1) is 0 Å². The first-order valence-corrected chi connectivity index (χ1v) is 8.39. The molecule has 0 aromatic carbocycles. The summed E-state index contributed by atoms with van der Waals surface area (Å²) in [4.78, 5) is 20.4. The normalized spacial score (nSPS) is 27.4. The second kappa shape index (κ2) is 5.90. The number of aromatic amines is 1. The molecular weight excluding hydrogens is 318 g/mol. The highest BCUT2D eigenvalue weighted by Gasteiger charge is 2.39. The molecule has 3 heterocycles. The van der Waals surface area contributed by atoms with Crippen molar-refractivity contribution in [3.63, 3.8) is 0 Å².